The van der Waals surface area contributed by atoms with Crippen LogP contribution in [0.5, 0.6) is 0 Å². The minimum absolute atomic E-state index is 0.0944. The highest BCUT2D eigenvalue weighted by molar-refractivity contribution is 6.03. The molecule has 0 aliphatic carbocycles. The van der Waals surface area contributed by atoms with Gasteiger partial charge >= 0.3 is 12.1 Å². The SMILES string of the molecule is CC1=Nc2cc(=O)[nH]n2C(c2ccccc2C(F)(F)F)C1C(=O)O. The lowest BCUT2D eigenvalue weighted by atomic mass is 9.86. The van der Waals surface area contributed by atoms with E-state index in [-0.39, 0.29) is 17.1 Å². The quantitative estimate of drug-likeness (QED) is 0.881. The van der Waals surface area contributed by atoms with Gasteiger partial charge in [-0.15, -0.1) is 0 Å². The highest BCUT2D eigenvalue weighted by Crippen LogP contribution is 2.41. The van der Waals surface area contributed by atoms with Crippen molar-refractivity contribution >= 4 is 17.5 Å². The number of hydrogen-bond donors (Lipinski definition) is 2. The predicted molar refractivity (Wildman–Crippen MR) is 78.5 cm³/mol. The van der Waals surface area contributed by atoms with Gasteiger partial charge in [0, 0.05) is 11.8 Å². The van der Waals surface area contributed by atoms with Crippen molar-refractivity contribution in [3.05, 3.63) is 51.8 Å². The Labute approximate surface area is 133 Å². The topological polar surface area (TPSA) is 87.5 Å². The van der Waals surface area contributed by atoms with E-state index in [1.807, 2.05) is 0 Å². The Morgan fingerprint density at radius 3 is 2.62 bits per heavy atom. The van der Waals surface area contributed by atoms with Crippen LogP contribution in [-0.4, -0.2) is 26.6 Å². The number of nitrogens with one attached hydrogen (secondary N) is 1. The average Bonchev–Trinajstić information content (AvgIpc) is 2.84. The van der Waals surface area contributed by atoms with Gasteiger partial charge in [0.05, 0.1) is 11.6 Å². The smallest absolute Gasteiger partial charge is 0.416 e. The molecule has 6 nitrogen and oxygen atoms in total. The van der Waals surface area contributed by atoms with E-state index in [0.29, 0.717) is 0 Å². The summed E-state index contributed by atoms with van der Waals surface area (Å²) in [5.74, 6) is -2.56. The number of rotatable bonds is 2. The lowest BCUT2D eigenvalue weighted by molar-refractivity contribution is -0.142. The van der Waals surface area contributed by atoms with Crippen LogP contribution in [-0.2, 0) is 11.0 Å². The third-order valence-electron chi connectivity index (χ3n) is 3.92. The Morgan fingerprint density at radius 2 is 2.00 bits per heavy atom. The lowest BCUT2D eigenvalue weighted by Gasteiger charge is -2.31. The molecule has 0 spiro atoms. The molecule has 24 heavy (non-hydrogen) atoms. The van der Waals surface area contributed by atoms with Crippen molar-refractivity contribution in [2.24, 2.45) is 10.9 Å². The Bertz CT molecular complexity index is 895. The van der Waals surface area contributed by atoms with Crippen molar-refractivity contribution in [3.63, 3.8) is 0 Å². The summed E-state index contributed by atoms with van der Waals surface area (Å²) in [7, 11) is 0. The van der Waals surface area contributed by atoms with Crippen LogP contribution in [0, 0.1) is 5.92 Å². The molecule has 0 radical (unpaired) electrons. The van der Waals surface area contributed by atoms with Gasteiger partial charge in [-0.3, -0.25) is 19.4 Å². The van der Waals surface area contributed by atoms with Crippen LogP contribution in [0.25, 0.3) is 0 Å². The molecule has 0 fully saturated rings. The van der Waals surface area contributed by atoms with Crippen LogP contribution in [0.15, 0.2) is 40.1 Å². The standard InChI is InChI=1S/C15H12F3N3O3/c1-7-12(14(23)24)13(21-10(19-7)6-11(22)20-21)8-4-2-3-5-9(8)15(16,17)18/h2-6,12-13H,1H3,(H,20,22)(H,23,24). The van der Waals surface area contributed by atoms with Crippen LogP contribution < -0.4 is 5.56 Å². The largest absolute Gasteiger partial charge is 0.481 e. The Morgan fingerprint density at radius 1 is 1.33 bits per heavy atom. The first kappa shape index (κ1) is 16.0. The zero-order valence-corrected chi connectivity index (χ0v) is 12.3. The molecule has 3 rings (SSSR count). The first-order valence-corrected chi connectivity index (χ1v) is 6.96. The summed E-state index contributed by atoms with van der Waals surface area (Å²) in [6.07, 6.45) is -4.66. The van der Waals surface area contributed by atoms with Gasteiger partial charge in [0.25, 0.3) is 5.56 Å². The van der Waals surface area contributed by atoms with Crippen molar-refractivity contribution in [2.45, 2.75) is 19.1 Å². The van der Waals surface area contributed by atoms with E-state index in [1.54, 1.807) is 0 Å². The molecular weight excluding hydrogens is 327 g/mol. The molecule has 0 saturated heterocycles. The van der Waals surface area contributed by atoms with Gasteiger partial charge in [-0.1, -0.05) is 18.2 Å². The monoisotopic (exact) mass is 339 g/mol. The molecule has 2 N–H and O–H groups in total. The maximum Gasteiger partial charge on any atom is 0.416 e. The summed E-state index contributed by atoms with van der Waals surface area (Å²) in [5.41, 5.74) is -1.62. The second-order valence-corrected chi connectivity index (χ2v) is 5.45. The number of carbonyl (C=O) groups is 1. The van der Waals surface area contributed by atoms with Gasteiger partial charge in [0.15, 0.2) is 5.82 Å². The fourth-order valence-electron chi connectivity index (χ4n) is 2.97. The number of carboxylic acid groups (broad SMARTS) is 1. The molecule has 1 aliphatic heterocycles. The zero-order valence-electron chi connectivity index (χ0n) is 12.3. The van der Waals surface area contributed by atoms with Crippen molar-refractivity contribution in [1.29, 1.82) is 0 Å². The van der Waals surface area contributed by atoms with Crippen LogP contribution in [0.3, 0.4) is 0 Å². The van der Waals surface area contributed by atoms with Crippen LogP contribution in [0.2, 0.25) is 0 Å². The molecule has 2 atom stereocenters. The normalized spacial score (nSPS) is 20.4. The number of aromatic amines is 1. The van der Waals surface area contributed by atoms with E-state index in [4.69, 9.17) is 0 Å². The summed E-state index contributed by atoms with van der Waals surface area (Å²) in [4.78, 5) is 27.3. The lowest BCUT2D eigenvalue weighted by Crippen LogP contribution is -2.37. The number of aromatic nitrogens is 2. The summed E-state index contributed by atoms with van der Waals surface area (Å²) in [5, 5.41) is 11.9. The van der Waals surface area contributed by atoms with Crippen molar-refractivity contribution in [1.82, 2.24) is 9.78 Å². The number of fused-ring (bicyclic) bond motifs is 1. The molecule has 126 valence electrons. The van der Waals surface area contributed by atoms with E-state index in [9.17, 15) is 27.9 Å². The second-order valence-electron chi connectivity index (χ2n) is 5.45. The summed E-state index contributed by atoms with van der Waals surface area (Å²) >= 11 is 0. The second kappa shape index (κ2) is 5.36. The fraction of sp³-hybridized carbons (Fsp3) is 0.267. The van der Waals surface area contributed by atoms with Crippen molar-refractivity contribution in [3.8, 4) is 0 Å². The number of benzene rings is 1. The third-order valence-corrected chi connectivity index (χ3v) is 3.92. The van der Waals surface area contributed by atoms with Gasteiger partial charge in [-0.2, -0.15) is 13.2 Å². The molecule has 1 aromatic heterocycles. The summed E-state index contributed by atoms with van der Waals surface area (Å²) < 4.78 is 41.1. The van der Waals surface area contributed by atoms with E-state index in [0.717, 1.165) is 16.8 Å². The molecule has 0 amide bonds. The summed E-state index contributed by atoms with van der Waals surface area (Å²) in [6.45, 7) is 1.42. The van der Waals surface area contributed by atoms with Gasteiger partial charge < -0.3 is 5.11 Å². The first-order chi connectivity index (χ1) is 11.2. The average molecular weight is 339 g/mol. The maximum absolute atomic E-state index is 13.4. The minimum Gasteiger partial charge on any atom is -0.481 e. The van der Waals surface area contributed by atoms with Crippen LogP contribution >= 0.6 is 0 Å². The molecule has 0 saturated carbocycles. The van der Waals surface area contributed by atoms with E-state index >= 15 is 0 Å². The Hall–Kier alpha value is -2.84. The Balaban J connectivity index is 2.30. The van der Waals surface area contributed by atoms with Crippen molar-refractivity contribution in [2.75, 3.05) is 0 Å². The van der Waals surface area contributed by atoms with E-state index in [1.165, 1.54) is 25.1 Å². The minimum atomic E-state index is -4.66. The number of hydrogen-bond acceptors (Lipinski definition) is 3. The molecule has 1 aliphatic rings. The van der Waals surface area contributed by atoms with Gasteiger partial charge in [-0.25, -0.2) is 4.99 Å². The predicted octanol–water partition coefficient (Wildman–Crippen LogP) is 2.59. The zero-order chi connectivity index (χ0) is 17.6. The molecule has 2 heterocycles. The number of carboxylic acids is 1. The number of nitrogens with zero attached hydrogens (tertiary/aromatic N) is 2. The van der Waals surface area contributed by atoms with E-state index in [2.05, 4.69) is 10.1 Å². The van der Waals surface area contributed by atoms with Crippen LogP contribution in [0.1, 0.15) is 24.1 Å². The maximum atomic E-state index is 13.4. The van der Waals surface area contributed by atoms with E-state index < -0.39 is 35.2 Å². The molecule has 1 aromatic carbocycles. The number of halogens is 3. The number of alkyl halides is 3. The molecule has 9 heteroatoms. The molecule has 2 aromatic rings. The van der Waals surface area contributed by atoms with Crippen molar-refractivity contribution < 1.29 is 23.1 Å². The molecule has 2 unspecified atom stereocenters. The third kappa shape index (κ3) is 2.51. The fourth-order valence-corrected chi connectivity index (χ4v) is 2.97. The van der Waals surface area contributed by atoms with Gasteiger partial charge in [-0.05, 0) is 18.6 Å². The van der Waals surface area contributed by atoms with Gasteiger partial charge in [0.1, 0.15) is 5.92 Å². The Kier molecular flexibility index (Phi) is 3.58. The highest BCUT2D eigenvalue weighted by atomic mass is 19.4. The highest BCUT2D eigenvalue weighted by Gasteiger charge is 2.43. The van der Waals surface area contributed by atoms with Gasteiger partial charge in [0.2, 0.25) is 0 Å². The van der Waals surface area contributed by atoms with Crippen LogP contribution in [0.4, 0.5) is 19.0 Å². The first-order valence-electron chi connectivity index (χ1n) is 6.96. The summed E-state index contributed by atoms with van der Waals surface area (Å²) in [6, 6.07) is 4.58. The number of aliphatic imine (C=N–C) groups is 1. The number of aliphatic carboxylic acids is 1. The molecule has 0 bridgehead atoms. The molecular formula is C15H12F3N3O3. The number of H-pyrrole nitrogens is 1.